The summed E-state index contributed by atoms with van der Waals surface area (Å²) >= 11 is 0. The van der Waals surface area contributed by atoms with Crippen molar-refractivity contribution in [2.45, 2.75) is 39.5 Å². The predicted molar refractivity (Wildman–Crippen MR) is 105 cm³/mol. The van der Waals surface area contributed by atoms with Gasteiger partial charge < -0.3 is 29.6 Å². The SMILES string of the molecule is COCc1ccc(CNCCOCCOCCNC(=O)OC(C)(C)C)cc1. The summed E-state index contributed by atoms with van der Waals surface area (Å²) in [7, 11) is 1.70. The number of amides is 1. The highest BCUT2D eigenvalue weighted by atomic mass is 16.6. The largest absolute Gasteiger partial charge is 0.444 e. The molecule has 0 atom stereocenters. The molecule has 7 heteroatoms. The summed E-state index contributed by atoms with van der Waals surface area (Å²) < 4.78 is 21.1. The fraction of sp³-hybridized carbons (Fsp3) is 0.650. The molecule has 0 heterocycles. The topological polar surface area (TPSA) is 78.0 Å². The summed E-state index contributed by atoms with van der Waals surface area (Å²) in [5.74, 6) is 0. The molecule has 1 aromatic rings. The molecule has 1 aromatic carbocycles. The van der Waals surface area contributed by atoms with Crippen LogP contribution in [-0.4, -0.2) is 58.3 Å². The Bertz CT molecular complexity index is 514. The van der Waals surface area contributed by atoms with E-state index in [4.69, 9.17) is 18.9 Å². The Morgan fingerprint density at radius 2 is 1.52 bits per heavy atom. The summed E-state index contributed by atoms with van der Waals surface area (Å²) in [6, 6.07) is 8.35. The highest BCUT2D eigenvalue weighted by Gasteiger charge is 2.15. The van der Waals surface area contributed by atoms with Crippen molar-refractivity contribution in [2.24, 2.45) is 0 Å². The van der Waals surface area contributed by atoms with Gasteiger partial charge in [0, 0.05) is 26.7 Å². The van der Waals surface area contributed by atoms with Crippen molar-refractivity contribution in [1.82, 2.24) is 10.6 Å². The van der Waals surface area contributed by atoms with Gasteiger partial charge in [0.1, 0.15) is 5.60 Å². The van der Waals surface area contributed by atoms with Gasteiger partial charge in [-0.15, -0.1) is 0 Å². The first kappa shape index (κ1) is 23.4. The lowest BCUT2D eigenvalue weighted by Crippen LogP contribution is -2.34. The second-order valence-corrected chi connectivity index (χ2v) is 7.08. The Balaban J connectivity index is 1.89. The first-order valence-corrected chi connectivity index (χ1v) is 9.30. The van der Waals surface area contributed by atoms with Gasteiger partial charge in [-0.2, -0.15) is 0 Å². The standard InChI is InChI=1S/C20H34N2O5/c1-20(2,3)27-19(23)22-10-12-26-14-13-25-11-9-21-15-17-5-7-18(8-6-17)16-24-4/h5-8,21H,9-16H2,1-4H3,(H,22,23). The van der Waals surface area contributed by atoms with Crippen LogP contribution in [0, 0.1) is 0 Å². The second-order valence-electron chi connectivity index (χ2n) is 7.08. The van der Waals surface area contributed by atoms with Gasteiger partial charge in [0.05, 0.1) is 33.0 Å². The third-order valence-electron chi connectivity index (χ3n) is 3.37. The maximum atomic E-state index is 11.4. The summed E-state index contributed by atoms with van der Waals surface area (Å²) in [6.45, 7) is 10.2. The molecule has 0 radical (unpaired) electrons. The molecule has 7 nitrogen and oxygen atoms in total. The Labute approximate surface area is 162 Å². The number of ether oxygens (including phenoxy) is 4. The first-order chi connectivity index (χ1) is 12.9. The smallest absolute Gasteiger partial charge is 0.407 e. The molecule has 0 fully saturated rings. The molecule has 0 saturated heterocycles. The zero-order valence-corrected chi connectivity index (χ0v) is 17.0. The highest BCUT2D eigenvalue weighted by Crippen LogP contribution is 2.06. The van der Waals surface area contributed by atoms with E-state index < -0.39 is 11.7 Å². The minimum absolute atomic E-state index is 0.416. The molecule has 27 heavy (non-hydrogen) atoms. The number of carbonyl (C=O) groups is 1. The number of methoxy groups -OCH3 is 1. The van der Waals surface area contributed by atoms with Crippen LogP contribution in [0.4, 0.5) is 4.79 Å². The van der Waals surface area contributed by atoms with Gasteiger partial charge >= 0.3 is 6.09 Å². The van der Waals surface area contributed by atoms with Gasteiger partial charge in [-0.1, -0.05) is 24.3 Å². The lowest BCUT2D eigenvalue weighted by atomic mass is 10.1. The molecule has 1 amide bonds. The number of hydrogen-bond acceptors (Lipinski definition) is 6. The number of hydrogen-bond donors (Lipinski definition) is 2. The Morgan fingerprint density at radius 1 is 0.926 bits per heavy atom. The van der Waals surface area contributed by atoms with Crippen LogP contribution in [-0.2, 0) is 32.1 Å². The monoisotopic (exact) mass is 382 g/mol. The lowest BCUT2D eigenvalue weighted by Gasteiger charge is -2.19. The summed E-state index contributed by atoms with van der Waals surface area (Å²) in [6.07, 6.45) is -0.429. The minimum atomic E-state index is -0.486. The summed E-state index contributed by atoms with van der Waals surface area (Å²) in [5.41, 5.74) is 1.92. The Hall–Kier alpha value is -1.67. The van der Waals surface area contributed by atoms with Gasteiger partial charge in [-0.3, -0.25) is 0 Å². The van der Waals surface area contributed by atoms with E-state index in [1.54, 1.807) is 7.11 Å². The van der Waals surface area contributed by atoms with Crippen LogP contribution < -0.4 is 10.6 Å². The molecule has 2 N–H and O–H groups in total. The van der Waals surface area contributed by atoms with Gasteiger partial charge in [0.25, 0.3) is 0 Å². The van der Waals surface area contributed by atoms with Gasteiger partial charge in [-0.25, -0.2) is 4.79 Å². The van der Waals surface area contributed by atoms with Gasteiger partial charge in [0.2, 0.25) is 0 Å². The third kappa shape index (κ3) is 13.2. The summed E-state index contributed by atoms with van der Waals surface area (Å²) in [4.78, 5) is 11.4. The van der Waals surface area contributed by atoms with Crippen molar-refractivity contribution < 1.29 is 23.7 Å². The van der Waals surface area contributed by atoms with E-state index in [0.29, 0.717) is 39.6 Å². The van der Waals surface area contributed by atoms with Crippen LogP contribution >= 0.6 is 0 Å². The average Bonchev–Trinajstić information content (AvgIpc) is 2.60. The fourth-order valence-corrected chi connectivity index (χ4v) is 2.16. The van der Waals surface area contributed by atoms with Crippen LogP contribution in [0.2, 0.25) is 0 Å². The predicted octanol–water partition coefficient (Wildman–Crippen LogP) is 2.48. The zero-order valence-electron chi connectivity index (χ0n) is 17.0. The molecule has 0 aliphatic rings. The third-order valence-corrected chi connectivity index (χ3v) is 3.37. The van der Waals surface area contributed by atoms with Crippen LogP contribution in [0.3, 0.4) is 0 Å². The van der Waals surface area contributed by atoms with Crippen molar-refractivity contribution in [3.63, 3.8) is 0 Å². The number of carbonyl (C=O) groups excluding carboxylic acids is 1. The van der Waals surface area contributed by atoms with E-state index in [9.17, 15) is 4.79 Å². The molecule has 0 aliphatic carbocycles. The second kappa shape index (κ2) is 13.5. The molecule has 0 unspecified atom stereocenters. The van der Waals surface area contributed by atoms with Gasteiger partial charge in [0.15, 0.2) is 0 Å². The molecule has 0 saturated carbocycles. The zero-order chi connectivity index (χ0) is 20.0. The molecule has 0 bridgehead atoms. The molecule has 0 aliphatic heterocycles. The molecular weight excluding hydrogens is 348 g/mol. The maximum Gasteiger partial charge on any atom is 0.407 e. The van der Waals surface area contributed by atoms with Crippen LogP contribution in [0.25, 0.3) is 0 Å². The fourth-order valence-electron chi connectivity index (χ4n) is 2.16. The van der Waals surface area contributed by atoms with Crippen molar-refractivity contribution in [2.75, 3.05) is 46.6 Å². The van der Waals surface area contributed by atoms with Crippen molar-refractivity contribution >= 4 is 6.09 Å². The molecular formula is C20H34N2O5. The number of alkyl carbamates (subject to hydrolysis) is 1. The van der Waals surface area contributed by atoms with E-state index in [1.165, 1.54) is 11.1 Å². The minimum Gasteiger partial charge on any atom is -0.444 e. The number of rotatable bonds is 13. The number of benzene rings is 1. The first-order valence-electron chi connectivity index (χ1n) is 9.30. The average molecular weight is 383 g/mol. The quantitative estimate of drug-likeness (QED) is 0.511. The molecule has 154 valence electrons. The highest BCUT2D eigenvalue weighted by molar-refractivity contribution is 5.67. The number of nitrogens with one attached hydrogen (secondary N) is 2. The van der Waals surface area contributed by atoms with E-state index >= 15 is 0 Å². The van der Waals surface area contributed by atoms with Crippen molar-refractivity contribution in [3.8, 4) is 0 Å². The lowest BCUT2D eigenvalue weighted by molar-refractivity contribution is 0.0403. The molecule has 0 spiro atoms. The Morgan fingerprint density at radius 3 is 2.11 bits per heavy atom. The van der Waals surface area contributed by atoms with Crippen LogP contribution in [0.5, 0.6) is 0 Å². The van der Waals surface area contributed by atoms with E-state index in [1.807, 2.05) is 20.8 Å². The van der Waals surface area contributed by atoms with E-state index in [0.717, 1.165) is 13.1 Å². The van der Waals surface area contributed by atoms with Crippen LogP contribution in [0.1, 0.15) is 31.9 Å². The van der Waals surface area contributed by atoms with E-state index in [-0.39, 0.29) is 0 Å². The van der Waals surface area contributed by atoms with Crippen LogP contribution in [0.15, 0.2) is 24.3 Å². The van der Waals surface area contributed by atoms with Crippen molar-refractivity contribution in [1.29, 1.82) is 0 Å². The summed E-state index contributed by atoms with van der Waals surface area (Å²) in [5, 5.41) is 5.98. The Kier molecular flexibility index (Phi) is 11.7. The normalized spacial score (nSPS) is 11.4. The maximum absolute atomic E-state index is 11.4. The molecule has 0 aromatic heterocycles. The van der Waals surface area contributed by atoms with Gasteiger partial charge in [-0.05, 0) is 31.9 Å². The molecule has 1 rings (SSSR count). The van der Waals surface area contributed by atoms with Crippen molar-refractivity contribution in [3.05, 3.63) is 35.4 Å². The van der Waals surface area contributed by atoms with E-state index in [2.05, 4.69) is 34.9 Å².